The Balaban J connectivity index is 3.96. The standard InChI is InChI=1S/C35H66NO10P/c1-3-5-7-9-11-12-13-14-15-16-17-18-19-20-21-22-24-26-33(38)36-32(35(40)41)30-46-47(42,43)45-29-31(37)28-44-34(39)27-25-23-10-8-6-4-2/h14-15,31-32,37H,3-13,16-30H2,1-2H3,(H,36,38)(H,40,41)(H,42,43)/b15-14-. The molecule has 0 saturated heterocycles. The van der Waals surface area contributed by atoms with Crippen LogP contribution in [0.25, 0.3) is 0 Å². The zero-order valence-electron chi connectivity index (χ0n) is 29.3. The minimum atomic E-state index is -4.74. The third kappa shape index (κ3) is 31.3. The number of hydrogen-bond donors (Lipinski definition) is 4. The average molecular weight is 692 g/mol. The molecule has 0 spiro atoms. The highest BCUT2D eigenvalue weighted by Gasteiger charge is 2.28. The van der Waals surface area contributed by atoms with Crippen molar-refractivity contribution in [2.45, 2.75) is 174 Å². The summed E-state index contributed by atoms with van der Waals surface area (Å²) in [5.74, 6) is -2.38. The largest absolute Gasteiger partial charge is 0.480 e. The summed E-state index contributed by atoms with van der Waals surface area (Å²) in [7, 11) is -4.74. The van der Waals surface area contributed by atoms with Crippen molar-refractivity contribution in [2.24, 2.45) is 0 Å². The SMILES string of the molecule is CCCCCCCC/C=C\CCCCCCCCCC(=O)NC(COP(=O)(O)OCC(O)COC(=O)CCCCCCCC)C(=O)O. The lowest BCUT2D eigenvalue weighted by atomic mass is 10.1. The lowest BCUT2D eigenvalue weighted by Gasteiger charge is -2.18. The van der Waals surface area contributed by atoms with Crippen LogP contribution in [0, 0.1) is 0 Å². The van der Waals surface area contributed by atoms with Crippen LogP contribution in [0.1, 0.15) is 162 Å². The van der Waals surface area contributed by atoms with Crippen molar-refractivity contribution < 1.29 is 47.8 Å². The van der Waals surface area contributed by atoms with Crippen molar-refractivity contribution in [3.63, 3.8) is 0 Å². The van der Waals surface area contributed by atoms with Crippen LogP contribution >= 0.6 is 7.82 Å². The van der Waals surface area contributed by atoms with Crippen LogP contribution in [0.2, 0.25) is 0 Å². The molecule has 4 N–H and O–H groups in total. The third-order valence-corrected chi connectivity index (χ3v) is 8.76. The summed E-state index contributed by atoms with van der Waals surface area (Å²) in [6.07, 6.45) is 27.1. The summed E-state index contributed by atoms with van der Waals surface area (Å²) < 4.78 is 26.5. The van der Waals surface area contributed by atoms with Gasteiger partial charge in [0.1, 0.15) is 12.7 Å². The van der Waals surface area contributed by atoms with E-state index in [9.17, 15) is 34.1 Å². The number of amides is 1. The van der Waals surface area contributed by atoms with Crippen molar-refractivity contribution in [3.05, 3.63) is 12.2 Å². The van der Waals surface area contributed by atoms with Crippen LogP contribution in [0.4, 0.5) is 0 Å². The first kappa shape index (κ1) is 45.2. The monoisotopic (exact) mass is 691 g/mol. The van der Waals surface area contributed by atoms with Crippen LogP contribution in [0.3, 0.4) is 0 Å². The van der Waals surface area contributed by atoms with Gasteiger partial charge in [-0.3, -0.25) is 18.6 Å². The van der Waals surface area contributed by atoms with E-state index in [2.05, 4.69) is 31.3 Å². The van der Waals surface area contributed by atoms with Gasteiger partial charge in [-0.1, -0.05) is 122 Å². The molecule has 3 atom stereocenters. The predicted octanol–water partition coefficient (Wildman–Crippen LogP) is 8.16. The van der Waals surface area contributed by atoms with Gasteiger partial charge in [-0.25, -0.2) is 9.36 Å². The van der Waals surface area contributed by atoms with Gasteiger partial charge >= 0.3 is 19.8 Å². The number of aliphatic carboxylic acids is 1. The Hall–Kier alpha value is -1.78. The molecule has 0 aromatic heterocycles. The molecule has 0 heterocycles. The number of allylic oxidation sites excluding steroid dienone is 2. The molecule has 0 fully saturated rings. The van der Waals surface area contributed by atoms with Gasteiger partial charge in [0.05, 0.1) is 13.2 Å². The van der Waals surface area contributed by atoms with Crippen molar-refractivity contribution in [1.29, 1.82) is 0 Å². The molecule has 0 bridgehead atoms. The van der Waals surface area contributed by atoms with E-state index >= 15 is 0 Å². The normalized spacial score (nSPS) is 14.1. The van der Waals surface area contributed by atoms with Crippen molar-refractivity contribution in [2.75, 3.05) is 19.8 Å². The highest BCUT2D eigenvalue weighted by molar-refractivity contribution is 7.47. The van der Waals surface area contributed by atoms with Gasteiger partial charge < -0.3 is 25.2 Å². The van der Waals surface area contributed by atoms with Crippen LogP contribution in [-0.4, -0.2) is 64.9 Å². The second-order valence-electron chi connectivity index (χ2n) is 12.4. The van der Waals surface area contributed by atoms with Gasteiger partial charge in [-0.2, -0.15) is 0 Å². The number of phosphoric ester groups is 1. The lowest BCUT2D eigenvalue weighted by Crippen LogP contribution is -2.43. The van der Waals surface area contributed by atoms with Crippen molar-refractivity contribution >= 4 is 25.7 Å². The Morgan fingerprint density at radius 3 is 1.62 bits per heavy atom. The summed E-state index contributed by atoms with van der Waals surface area (Å²) in [6.45, 7) is 2.48. The van der Waals surface area contributed by atoms with Gasteiger partial charge in [0.2, 0.25) is 5.91 Å². The number of phosphoric acid groups is 1. The van der Waals surface area contributed by atoms with Crippen LogP contribution in [0.5, 0.6) is 0 Å². The Kier molecular flexibility index (Phi) is 30.3. The van der Waals surface area contributed by atoms with E-state index in [0.717, 1.165) is 57.8 Å². The predicted molar refractivity (Wildman–Crippen MR) is 185 cm³/mol. The van der Waals surface area contributed by atoms with E-state index in [-0.39, 0.29) is 12.8 Å². The Labute approximate surface area is 284 Å². The van der Waals surface area contributed by atoms with Crippen LogP contribution < -0.4 is 5.32 Å². The second kappa shape index (κ2) is 31.5. The smallest absolute Gasteiger partial charge is 0.472 e. The highest BCUT2D eigenvalue weighted by atomic mass is 31.2. The quantitative estimate of drug-likeness (QED) is 0.0224. The molecule has 11 nitrogen and oxygen atoms in total. The summed E-state index contributed by atoms with van der Waals surface area (Å²) in [5.41, 5.74) is 0. The third-order valence-electron chi connectivity index (χ3n) is 7.80. The molecular formula is C35H66NO10P. The molecule has 0 aliphatic carbocycles. The molecule has 12 heteroatoms. The first-order chi connectivity index (χ1) is 22.6. The molecule has 0 radical (unpaired) electrons. The maximum Gasteiger partial charge on any atom is 0.472 e. The van der Waals surface area contributed by atoms with E-state index in [0.29, 0.717) is 12.8 Å². The molecule has 276 valence electrons. The maximum atomic E-state index is 12.2. The summed E-state index contributed by atoms with van der Waals surface area (Å²) in [6, 6.07) is -1.54. The Morgan fingerprint density at radius 2 is 1.11 bits per heavy atom. The Bertz CT molecular complexity index is 869. The summed E-state index contributed by atoms with van der Waals surface area (Å²) in [4.78, 5) is 45.4. The number of unbranched alkanes of at least 4 members (excludes halogenated alkanes) is 18. The molecule has 0 aliphatic rings. The number of carbonyl (C=O) groups is 3. The van der Waals surface area contributed by atoms with Crippen molar-refractivity contribution in [3.8, 4) is 0 Å². The second-order valence-corrected chi connectivity index (χ2v) is 13.9. The number of nitrogens with one attached hydrogen (secondary N) is 1. The minimum Gasteiger partial charge on any atom is -0.480 e. The molecule has 3 unspecified atom stereocenters. The van der Waals surface area contributed by atoms with E-state index in [1.165, 1.54) is 64.2 Å². The van der Waals surface area contributed by atoms with Gasteiger partial charge in [0, 0.05) is 12.8 Å². The van der Waals surface area contributed by atoms with E-state index in [1.54, 1.807) is 0 Å². The summed E-state index contributed by atoms with van der Waals surface area (Å²) >= 11 is 0. The van der Waals surface area contributed by atoms with E-state index in [1.807, 2.05) is 0 Å². The molecule has 0 rings (SSSR count). The number of carboxylic acid groups (broad SMARTS) is 1. The molecule has 0 aromatic carbocycles. The number of hydrogen-bond acceptors (Lipinski definition) is 8. The van der Waals surface area contributed by atoms with Gasteiger partial charge in [-0.15, -0.1) is 0 Å². The number of ether oxygens (including phenoxy) is 1. The number of aliphatic hydroxyl groups is 1. The van der Waals surface area contributed by atoms with Gasteiger partial charge in [0.15, 0.2) is 6.04 Å². The number of esters is 1. The topological polar surface area (TPSA) is 169 Å². The van der Waals surface area contributed by atoms with Crippen molar-refractivity contribution in [1.82, 2.24) is 5.32 Å². The van der Waals surface area contributed by atoms with Gasteiger partial charge in [0.25, 0.3) is 0 Å². The zero-order valence-corrected chi connectivity index (χ0v) is 30.2. The maximum absolute atomic E-state index is 12.2. The van der Waals surface area contributed by atoms with E-state index in [4.69, 9.17) is 13.8 Å². The number of rotatable bonds is 34. The number of carboxylic acids is 1. The molecule has 0 aromatic rings. The lowest BCUT2D eigenvalue weighted by molar-refractivity contribution is -0.147. The molecule has 0 aliphatic heterocycles. The molecule has 1 amide bonds. The first-order valence-electron chi connectivity index (χ1n) is 18.2. The number of aliphatic hydroxyl groups excluding tert-OH is 1. The molecular weight excluding hydrogens is 625 g/mol. The average Bonchev–Trinajstić information content (AvgIpc) is 3.04. The summed E-state index contributed by atoms with van der Waals surface area (Å²) in [5, 5.41) is 21.6. The van der Waals surface area contributed by atoms with Crippen LogP contribution in [-0.2, 0) is 32.7 Å². The first-order valence-corrected chi connectivity index (χ1v) is 19.7. The fourth-order valence-electron chi connectivity index (χ4n) is 4.90. The fourth-order valence-corrected chi connectivity index (χ4v) is 5.67. The van der Waals surface area contributed by atoms with Crippen LogP contribution in [0.15, 0.2) is 12.2 Å². The fraction of sp³-hybridized carbons (Fsp3) is 0.857. The zero-order chi connectivity index (χ0) is 35.0. The number of carbonyl (C=O) groups excluding carboxylic acids is 2. The Morgan fingerprint density at radius 1 is 0.660 bits per heavy atom. The highest BCUT2D eigenvalue weighted by Crippen LogP contribution is 2.43. The minimum absolute atomic E-state index is 0.143. The van der Waals surface area contributed by atoms with E-state index < -0.39 is 57.6 Å². The van der Waals surface area contributed by atoms with Gasteiger partial charge in [-0.05, 0) is 38.5 Å². The molecule has 0 saturated carbocycles. The molecule has 47 heavy (non-hydrogen) atoms.